The van der Waals surface area contributed by atoms with Crippen LogP contribution >= 0.6 is 7.75 Å². The number of carboxylic acid groups (broad SMARTS) is 1. The number of carbonyl (C=O) groups is 2. The summed E-state index contributed by atoms with van der Waals surface area (Å²) in [6, 6.07) is -1.13. The van der Waals surface area contributed by atoms with E-state index in [2.05, 4.69) is 0 Å². The first-order valence-electron chi connectivity index (χ1n) is 3.35. The van der Waals surface area contributed by atoms with E-state index < -0.39 is 19.8 Å². The third-order valence-corrected chi connectivity index (χ3v) is 1.84. The first-order chi connectivity index (χ1) is 5.85. The SMILES string of the molecule is O=C[C@H](CCC(=O)O)NP(=O)(O)O. The second-order valence-corrected chi connectivity index (χ2v) is 3.69. The minimum absolute atomic E-state index is 0.149. The van der Waals surface area contributed by atoms with Gasteiger partial charge in [0.15, 0.2) is 0 Å². The highest BCUT2D eigenvalue weighted by Gasteiger charge is 2.19. The summed E-state index contributed by atoms with van der Waals surface area (Å²) >= 11 is 0. The average molecular weight is 211 g/mol. The van der Waals surface area contributed by atoms with Gasteiger partial charge in [-0.05, 0) is 6.42 Å². The second kappa shape index (κ2) is 5.08. The van der Waals surface area contributed by atoms with Crippen molar-refractivity contribution in [3.63, 3.8) is 0 Å². The van der Waals surface area contributed by atoms with Crippen molar-refractivity contribution in [2.75, 3.05) is 0 Å². The minimum atomic E-state index is -4.47. The molecule has 0 saturated carbocycles. The lowest BCUT2D eigenvalue weighted by Crippen LogP contribution is -2.28. The molecule has 0 aromatic rings. The fraction of sp³-hybridized carbons (Fsp3) is 0.600. The van der Waals surface area contributed by atoms with E-state index in [0.29, 0.717) is 0 Å². The maximum absolute atomic E-state index is 10.3. The molecule has 0 unspecified atom stereocenters. The van der Waals surface area contributed by atoms with E-state index in [1.165, 1.54) is 0 Å². The van der Waals surface area contributed by atoms with E-state index in [4.69, 9.17) is 14.9 Å². The Kier molecular flexibility index (Phi) is 4.79. The van der Waals surface area contributed by atoms with E-state index in [-0.39, 0.29) is 19.1 Å². The molecule has 0 bridgehead atoms. The molecular weight excluding hydrogens is 201 g/mol. The molecule has 0 aliphatic heterocycles. The van der Waals surface area contributed by atoms with Crippen LogP contribution in [0, 0.1) is 0 Å². The molecule has 0 heterocycles. The van der Waals surface area contributed by atoms with E-state index in [1.807, 2.05) is 0 Å². The van der Waals surface area contributed by atoms with Gasteiger partial charge in [-0.3, -0.25) is 4.79 Å². The normalized spacial score (nSPS) is 13.7. The molecule has 8 heteroatoms. The van der Waals surface area contributed by atoms with Gasteiger partial charge in [0.1, 0.15) is 6.29 Å². The number of rotatable bonds is 6. The van der Waals surface area contributed by atoms with Crippen LogP contribution in [0.1, 0.15) is 12.8 Å². The maximum atomic E-state index is 10.3. The van der Waals surface area contributed by atoms with Crippen LogP contribution in [0.3, 0.4) is 0 Å². The number of aldehydes is 1. The van der Waals surface area contributed by atoms with Gasteiger partial charge in [-0.25, -0.2) is 9.65 Å². The summed E-state index contributed by atoms with van der Waals surface area (Å²) in [5.74, 6) is -1.13. The van der Waals surface area contributed by atoms with Gasteiger partial charge in [0.2, 0.25) is 0 Å². The van der Waals surface area contributed by atoms with Gasteiger partial charge in [0.05, 0.1) is 6.04 Å². The molecule has 4 N–H and O–H groups in total. The third kappa shape index (κ3) is 7.61. The van der Waals surface area contributed by atoms with Crippen LogP contribution in [0.25, 0.3) is 0 Å². The smallest absolute Gasteiger partial charge is 0.400 e. The Morgan fingerprint density at radius 3 is 2.38 bits per heavy atom. The van der Waals surface area contributed by atoms with E-state index in [0.717, 1.165) is 0 Å². The minimum Gasteiger partial charge on any atom is -0.481 e. The molecule has 0 rings (SSSR count). The van der Waals surface area contributed by atoms with Crippen LogP contribution in [-0.2, 0) is 14.2 Å². The lowest BCUT2D eigenvalue weighted by atomic mass is 10.2. The van der Waals surface area contributed by atoms with Crippen molar-refractivity contribution in [2.24, 2.45) is 0 Å². The second-order valence-electron chi connectivity index (χ2n) is 2.35. The average Bonchev–Trinajstić information content (AvgIpc) is 1.95. The van der Waals surface area contributed by atoms with E-state index in [9.17, 15) is 14.2 Å². The van der Waals surface area contributed by atoms with Crippen LogP contribution < -0.4 is 5.09 Å². The van der Waals surface area contributed by atoms with Gasteiger partial charge in [-0.1, -0.05) is 0 Å². The Morgan fingerprint density at radius 2 is 2.08 bits per heavy atom. The fourth-order valence-electron chi connectivity index (χ4n) is 0.658. The van der Waals surface area contributed by atoms with Crippen molar-refractivity contribution in [1.29, 1.82) is 0 Å². The zero-order chi connectivity index (χ0) is 10.5. The number of hydrogen-bond donors (Lipinski definition) is 4. The molecule has 0 aliphatic rings. The van der Waals surface area contributed by atoms with Crippen LogP contribution in [0.5, 0.6) is 0 Å². The predicted molar refractivity (Wildman–Crippen MR) is 41.9 cm³/mol. The Bertz CT molecular complexity index is 235. The highest BCUT2D eigenvalue weighted by molar-refractivity contribution is 7.49. The first-order valence-corrected chi connectivity index (χ1v) is 4.97. The maximum Gasteiger partial charge on any atom is 0.400 e. The van der Waals surface area contributed by atoms with Gasteiger partial charge >= 0.3 is 13.7 Å². The molecule has 0 spiro atoms. The highest BCUT2D eigenvalue weighted by Crippen LogP contribution is 2.29. The van der Waals surface area contributed by atoms with Crippen molar-refractivity contribution in [2.45, 2.75) is 18.9 Å². The van der Waals surface area contributed by atoms with Crippen molar-refractivity contribution in [3.8, 4) is 0 Å². The third-order valence-electron chi connectivity index (χ3n) is 1.17. The number of hydrogen-bond acceptors (Lipinski definition) is 3. The Balaban J connectivity index is 3.97. The van der Waals surface area contributed by atoms with Gasteiger partial charge in [-0.2, -0.15) is 0 Å². The highest BCUT2D eigenvalue weighted by atomic mass is 31.2. The van der Waals surface area contributed by atoms with Crippen molar-refractivity contribution >= 4 is 20.0 Å². The fourth-order valence-corrected chi connectivity index (χ4v) is 1.28. The number of nitrogens with one attached hydrogen (secondary N) is 1. The zero-order valence-electron chi connectivity index (χ0n) is 6.58. The summed E-state index contributed by atoms with van der Waals surface area (Å²) in [6.45, 7) is 0. The summed E-state index contributed by atoms with van der Waals surface area (Å²) < 4.78 is 10.3. The summed E-state index contributed by atoms with van der Waals surface area (Å²) in [4.78, 5) is 37.0. The summed E-state index contributed by atoms with van der Waals surface area (Å²) in [7, 11) is -4.47. The molecule has 76 valence electrons. The van der Waals surface area contributed by atoms with Gasteiger partial charge < -0.3 is 19.7 Å². The lowest BCUT2D eigenvalue weighted by Gasteiger charge is -2.11. The standard InChI is InChI=1S/C5H10NO6P/c7-3-4(1-2-5(8)9)6-13(10,11)12/h3-4H,1-2H2,(H,8,9)(H3,6,10,11,12)/t4-/m0/s1. The van der Waals surface area contributed by atoms with Gasteiger partial charge in [0, 0.05) is 6.42 Å². The molecule has 0 amide bonds. The van der Waals surface area contributed by atoms with Crippen LogP contribution in [0.15, 0.2) is 0 Å². The number of carboxylic acids is 1. The Labute approximate surface area is 74.0 Å². The molecule has 0 saturated heterocycles. The van der Waals surface area contributed by atoms with Crippen molar-refractivity contribution < 1.29 is 29.0 Å². The quantitative estimate of drug-likeness (QED) is 0.331. The Morgan fingerprint density at radius 1 is 1.54 bits per heavy atom. The number of aliphatic carboxylic acids is 1. The van der Waals surface area contributed by atoms with Crippen LogP contribution in [0.2, 0.25) is 0 Å². The zero-order valence-corrected chi connectivity index (χ0v) is 7.48. The van der Waals surface area contributed by atoms with Crippen molar-refractivity contribution in [1.82, 2.24) is 5.09 Å². The van der Waals surface area contributed by atoms with Crippen LogP contribution in [0.4, 0.5) is 0 Å². The molecule has 0 fully saturated rings. The molecule has 0 radical (unpaired) electrons. The monoisotopic (exact) mass is 211 g/mol. The molecule has 0 aromatic carbocycles. The van der Waals surface area contributed by atoms with Crippen molar-refractivity contribution in [3.05, 3.63) is 0 Å². The molecule has 13 heavy (non-hydrogen) atoms. The summed E-state index contributed by atoms with van der Waals surface area (Å²) in [5.41, 5.74) is 0. The molecule has 1 atom stereocenters. The topological polar surface area (TPSA) is 124 Å². The molecule has 0 aliphatic carbocycles. The summed E-state index contributed by atoms with van der Waals surface area (Å²) in [6.07, 6.45) is -0.206. The summed E-state index contributed by atoms with van der Waals surface area (Å²) in [5, 5.41) is 9.91. The Hall–Kier alpha value is -0.750. The molecular formula is C5H10NO6P. The molecule has 0 aromatic heterocycles. The first kappa shape index (κ1) is 12.2. The lowest BCUT2D eigenvalue weighted by molar-refractivity contribution is -0.137. The largest absolute Gasteiger partial charge is 0.481 e. The number of carbonyl (C=O) groups excluding carboxylic acids is 1. The van der Waals surface area contributed by atoms with E-state index in [1.54, 1.807) is 5.09 Å². The predicted octanol–water partition coefficient (Wildman–Crippen LogP) is -0.899. The van der Waals surface area contributed by atoms with E-state index >= 15 is 0 Å². The van der Waals surface area contributed by atoms with Crippen LogP contribution in [-0.4, -0.2) is 33.2 Å². The van der Waals surface area contributed by atoms with Gasteiger partial charge in [-0.15, -0.1) is 0 Å². The molecule has 7 nitrogen and oxygen atoms in total. The van der Waals surface area contributed by atoms with Gasteiger partial charge in [0.25, 0.3) is 0 Å².